The molecule has 2 aliphatic heterocycles. The fourth-order valence-electron chi connectivity index (χ4n) is 3.92. The molecular formula is C17H31N3O2. The van der Waals surface area contributed by atoms with Gasteiger partial charge in [-0.3, -0.25) is 9.69 Å². The summed E-state index contributed by atoms with van der Waals surface area (Å²) in [5.41, 5.74) is 5.53. The van der Waals surface area contributed by atoms with E-state index in [4.69, 9.17) is 10.5 Å². The topological polar surface area (TPSA) is 58.8 Å². The largest absolute Gasteiger partial charge is 0.373 e. The molecule has 3 fully saturated rings. The monoisotopic (exact) mass is 309 g/mol. The van der Waals surface area contributed by atoms with Crippen LogP contribution in [0.25, 0.3) is 0 Å². The van der Waals surface area contributed by atoms with Gasteiger partial charge in [-0.1, -0.05) is 0 Å². The molecule has 2 atom stereocenters. The first-order valence-electron chi connectivity index (χ1n) is 8.92. The number of hydrogen-bond acceptors (Lipinski definition) is 4. The minimum Gasteiger partial charge on any atom is -0.373 e. The molecule has 126 valence electrons. The summed E-state index contributed by atoms with van der Waals surface area (Å²) in [7, 11) is 0. The molecule has 1 saturated carbocycles. The zero-order valence-corrected chi connectivity index (χ0v) is 14.1. The van der Waals surface area contributed by atoms with Crippen LogP contribution in [0.4, 0.5) is 0 Å². The maximum Gasteiger partial charge on any atom is 0.242 e. The molecule has 5 heteroatoms. The van der Waals surface area contributed by atoms with Crippen molar-refractivity contribution in [2.24, 2.45) is 11.7 Å². The maximum atomic E-state index is 12.2. The zero-order chi connectivity index (χ0) is 15.7. The molecule has 3 aliphatic rings. The Hall–Kier alpha value is -0.650. The van der Waals surface area contributed by atoms with E-state index in [1.807, 2.05) is 4.90 Å². The van der Waals surface area contributed by atoms with Gasteiger partial charge < -0.3 is 15.4 Å². The molecule has 0 aromatic carbocycles. The van der Waals surface area contributed by atoms with Crippen LogP contribution in [0.5, 0.6) is 0 Å². The van der Waals surface area contributed by atoms with E-state index in [9.17, 15) is 4.79 Å². The standard InChI is InChI=1S/C17H31N3O2/c1-13-11-19(12-14(2)22-13)8-3-15-4-9-20(10-5-15)16(21)17(18)6-7-17/h13-15H,3-12,18H2,1-2H3. The van der Waals surface area contributed by atoms with Crippen molar-refractivity contribution >= 4 is 5.91 Å². The first-order chi connectivity index (χ1) is 10.5. The van der Waals surface area contributed by atoms with Gasteiger partial charge in [0, 0.05) is 26.2 Å². The molecule has 5 nitrogen and oxygen atoms in total. The molecule has 0 bridgehead atoms. The number of hydrogen-bond donors (Lipinski definition) is 1. The summed E-state index contributed by atoms with van der Waals surface area (Å²) in [6, 6.07) is 0. The number of morpholine rings is 1. The fraction of sp³-hybridized carbons (Fsp3) is 0.941. The van der Waals surface area contributed by atoms with Gasteiger partial charge in [-0.15, -0.1) is 0 Å². The smallest absolute Gasteiger partial charge is 0.242 e. The third-order valence-corrected chi connectivity index (χ3v) is 5.47. The highest BCUT2D eigenvalue weighted by molar-refractivity contribution is 5.89. The molecule has 0 aromatic heterocycles. The SMILES string of the molecule is CC1CN(CCC2CCN(C(=O)C3(N)CC3)CC2)CC(C)O1. The summed E-state index contributed by atoms with van der Waals surface area (Å²) in [5, 5.41) is 0. The Morgan fingerprint density at radius 1 is 1.18 bits per heavy atom. The molecule has 22 heavy (non-hydrogen) atoms. The van der Waals surface area contributed by atoms with E-state index in [2.05, 4.69) is 18.7 Å². The van der Waals surface area contributed by atoms with Crippen LogP contribution >= 0.6 is 0 Å². The van der Waals surface area contributed by atoms with E-state index < -0.39 is 5.54 Å². The summed E-state index contributed by atoms with van der Waals surface area (Å²) in [4.78, 5) is 16.8. The molecule has 0 radical (unpaired) electrons. The summed E-state index contributed by atoms with van der Waals surface area (Å²) in [6.45, 7) is 9.39. The van der Waals surface area contributed by atoms with Gasteiger partial charge in [0.05, 0.1) is 17.7 Å². The lowest BCUT2D eigenvalue weighted by molar-refractivity contribution is -0.135. The summed E-state index contributed by atoms with van der Waals surface area (Å²) in [5.74, 6) is 0.951. The van der Waals surface area contributed by atoms with Crippen LogP contribution in [0.3, 0.4) is 0 Å². The second-order valence-corrected chi connectivity index (χ2v) is 7.70. The molecule has 2 saturated heterocycles. The van der Waals surface area contributed by atoms with E-state index in [-0.39, 0.29) is 5.91 Å². The molecule has 1 aliphatic carbocycles. The van der Waals surface area contributed by atoms with Crippen LogP contribution in [0, 0.1) is 5.92 Å². The van der Waals surface area contributed by atoms with Crippen LogP contribution in [0.15, 0.2) is 0 Å². The van der Waals surface area contributed by atoms with Crippen molar-refractivity contribution < 1.29 is 9.53 Å². The van der Waals surface area contributed by atoms with Crippen LogP contribution in [-0.2, 0) is 9.53 Å². The maximum absolute atomic E-state index is 12.2. The summed E-state index contributed by atoms with van der Waals surface area (Å²) >= 11 is 0. The normalized spacial score (nSPS) is 33.0. The molecule has 2 heterocycles. The number of amides is 1. The van der Waals surface area contributed by atoms with Crippen molar-refractivity contribution in [2.45, 2.75) is 63.7 Å². The van der Waals surface area contributed by atoms with E-state index in [0.717, 1.165) is 64.3 Å². The van der Waals surface area contributed by atoms with Crippen molar-refractivity contribution in [2.75, 3.05) is 32.7 Å². The van der Waals surface area contributed by atoms with Gasteiger partial charge >= 0.3 is 0 Å². The van der Waals surface area contributed by atoms with E-state index >= 15 is 0 Å². The highest BCUT2D eigenvalue weighted by Crippen LogP contribution is 2.35. The Kier molecular flexibility index (Phi) is 4.76. The molecule has 0 spiro atoms. The summed E-state index contributed by atoms with van der Waals surface area (Å²) < 4.78 is 5.79. The Morgan fingerprint density at radius 2 is 1.77 bits per heavy atom. The summed E-state index contributed by atoms with van der Waals surface area (Å²) in [6.07, 6.45) is 5.97. The average molecular weight is 309 g/mol. The quantitative estimate of drug-likeness (QED) is 0.848. The molecule has 3 rings (SSSR count). The van der Waals surface area contributed by atoms with Crippen molar-refractivity contribution in [3.63, 3.8) is 0 Å². The van der Waals surface area contributed by atoms with Crippen LogP contribution in [0.1, 0.15) is 46.0 Å². The third-order valence-electron chi connectivity index (χ3n) is 5.47. The van der Waals surface area contributed by atoms with Gasteiger partial charge in [0.25, 0.3) is 0 Å². The number of nitrogens with two attached hydrogens (primary N) is 1. The first-order valence-corrected chi connectivity index (χ1v) is 8.92. The van der Waals surface area contributed by atoms with E-state index in [1.165, 1.54) is 6.42 Å². The zero-order valence-electron chi connectivity index (χ0n) is 14.1. The highest BCUT2D eigenvalue weighted by atomic mass is 16.5. The minimum absolute atomic E-state index is 0.196. The number of rotatable bonds is 4. The highest BCUT2D eigenvalue weighted by Gasteiger charge is 2.48. The third kappa shape index (κ3) is 3.81. The average Bonchev–Trinajstić information content (AvgIpc) is 3.23. The number of likely N-dealkylation sites (tertiary alicyclic amines) is 1. The number of nitrogens with zero attached hydrogens (tertiary/aromatic N) is 2. The molecule has 2 N–H and O–H groups in total. The second-order valence-electron chi connectivity index (χ2n) is 7.70. The van der Waals surface area contributed by atoms with Crippen molar-refractivity contribution in [3.05, 3.63) is 0 Å². The molecule has 2 unspecified atom stereocenters. The predicted octanol–water partition coefficient (Wildman–Crippen LogP) is 1.22. The van der Waals surface area contributed by atoms with Crippen molar-refractivity contribution in [1.29, 1.82) is 0 Å². The van der Waals surface area contributed by atoms with E-state index in [1.54, 1.807) is 0 Å². The predicted molar refractivity (Wildman–Crippen MR) is 86.5 cm³/mol. The number of carbonyl (C=O) groups excluding carboxylic acids is 1. The lowest BCUT2D eigenvalue weighted by Crippen LogP contribution is -2.49. The lowest BCUT2D eigenvalue weighted by Gasteiger charge is -2.37. The van der Waals surface area contributed by atoms with Gasteiger partial charge in [-0.2, -0.15) is 0 Å². The number of ether oxygens (including phenoxy) is 1. The van der Waals surface area contributed by atoms with Gasteiger partial charge in [-0.05, 0) is 58.4 Å². The Morgan fingerprint density at radius 3 is 2.32 bits per heavy atom. The Labute approximate surface area is 134 Å². The van der Waals surface area contributed by atoms with Gasteiger partial charge in [0.15, 0.2) is 0 Å². The van der Waals surface area contributed by atoms with Gasteiger partial charge in [-0.25, -0.2) is 0 Å². The second kappa shape index (κ2) is 6.46. The lowest BCUT2D eigenvalue weighted by atomic mass is 9.92. The van der Waals surface area contributed by atoms with Crippen molar-refractivity contribution in [3.8, 4) is 0 Å². The van der Waals surface area contributed by atoms with Crippen LogP contribution in [-0.4, -0.2) is 66.2 Å². The number of carbonyl (C=O) groups is 1. The van der Waals surface area contributed by atoms with Crippen LogP contribution < -0.4 is 5.73 Å². The van der Waals surface area contributed by atoms with Gasteiger partial charge in [0.1, 0.15) is 0 Å². The molecule has 1 amide bonds. The first kappa shape index (κ1) is 16.2. The number of piperidine rings is 1. The fourth-order valence-corrected chi connectivity index (χ4v) is 3.92. The molecule has 0 aromatic rings. The van der Waals surface area contributed by atoms with E-state index in [0.29, 0.717) is 12.2 Å². The Bertz CT molecular complexity index is 393. The van der Waals surface area contributed by atoms with Gasteiger partial charge in [0.2, 0.25) is 5.91 Å². The van der Waals surface area contributed by atoms with Crippen LogP contribution in [0.2, 0.25) is 0 Å². The minimum atomic E-state index is -0.493. The Balaban J connectivity index is 1.38. The molecular weight excluding hydrogens is 278 g/mol. The van der Waals surface area contributed by atoms with Crippen molar-refractivity contribution in [1.82, 2.24) is 9.80 Å².